The van der Waals surface area contributed by atoms with Gasteiger partial charge in [-0.25, -0.2) is 0 Å². The standard InChI is InChI=1S/C24H25NO2S/c1-17-9-12-22(13-10-17)28-16-21-15-20(11-14-23(21)27-3)24(26)25-18(2)19-7-5-4-6-8-19/h4-15,18H,16H2,1-3H3,(H,25,26)/t18-/m0/s1. The fourth-order valence-electron chi connectivity index (χ4n) is 2.93. The van der Waals surface area contributed by atoms with Gasteiger partial charge in [-0.05, 0) is 49.7 Å². The van der Waals surface area contributed by atoms with Crippen molar-refractivity contribution in [2.75, 3.05) is 7.11 Å². The highest BCUT2D eigenvalue weighted by atomic mass is 32.2. The summed E-state index contributed by atoms with van der Waals surface area (Å²) in [6, 6.07) is 24.0. The Labute approximate surface area is 171 Å². The number of carbonyl (C=O) groups excluding carboxylic acids is 1. The maximum absolute atomic E-state index is 12.7. The maximum atomic E-state index is 12.7. The summed E-state index contributed by atoms with van der Waals surface area (Å²) in [6.07, 6.45) is 0. The van der Waals surface area contributed by atoms with Gasteiger partial charge in [0.15, 0.2) is 0 Å². The molecular formula is C24H25NO2S. The number of amides is 1. The van der Waals surface area contributed by atoms with E-state index in [9.17, 15) is 4.79 Å². The Morgan fingerprint density at radius 1 is 1.04 bits per heavy atom. The molecule has 0 aliphatic rings. The number of carbonyl (C=O) groups is 1. The fourth-order valence-corrected chi connectivity index (χ4v) is 3.81. The van der Waals surface area contributed by atoms with E-state index in [1.54, 1.807) is 18.9 Å². The molecule has 4 heteroatoms. The van der Waals surface area contributed by atoms with Crippen LogP contribution < -0.4 is 10.1 Å². The Morgan fingerprint density at radius 3 is 2.43 bits per heavy atom. The lowest BCUT2D eigenvalue weighted by atomic mass is 10.1. The Bertz CT molecular complexity index is 923. The third kappa shape index (κ3) is 5.17. The Hall–Kier alpha value is -2.72. The summed E-state index contributed by atoms with van der Waals surface area (Å²) in [5.74, 6) is 1.45. The minimum absolute atomic E-state index is 0.0545. The molecule has 1 N–H and O–H groups in total. The van der Waals surface area contributed by atoms with Crippen LogP contribution in [-0.4, -0.2) is 13.0 Å². The maximum Gasteiger partial charge on any atom is 0.251 e. The molecule has 0 bridgehead atoms. The van der Waals surface area contributed by atoms with Crippen molar-refractivity contribution < 1.29 is 9.53 Å². The highest BCUT2D eigenvalue weighted by molar-refractivity contribution is 7.98. The van der Waals surface area contributed by atoms with E-state index in [0.29, 0.717) is 5.56 Å². The van der Waals surface area contributed by atoms with E-state index in [0.717, 1.165) is 22.6 Å². The average molecular weight is 392 g/mol. The molecule has 3 nitrogen and oxygen atoms in total. The number of hydrogen-bond donors (Lipinski definition) is 1. The van der Waals surface area contributed by atoms with Gasteiger partial charge in [0.05, 0.1) is 13.2 Å². The Morgan fingerprint density at radius 2 is 1.75 bits per heavy atom. The van der Waals surface area contributed by atoms with Gasteiger partial charge in [-0.2, -0.15) is 0 Å². The molecule has 0 unspecified atom stereocenters. The van der Waals surface area contributed by atoms with E-state index >= 15 is 0 Å². The van der Waals surface area contributed by atoms with E-state index in [1.165, 1.54) is 10.5 Å². The van der Waals surface area contributed by atoms with E-state index in [2.05, 4.69) is 36.5 Å². The summed E-state index contributed by atoms with van der Waals surface area (Å²) in [7, 11) is 1.66. The second kappa shape index (κ2) is 9.47. The quantitative estimate of drug-likeness (QED) is 0.518. The third-order valence-electron chi connectivity index (χ3n) is 4.61. The fraction of sp³-hybridized carbons (Fsp3) is 0.208. The molecule has 144 valence electrons. The second-order valence-corrected chi connectivity index (χ2v) is 7.78. The van der Waals surface area contributed by atoms with Crippen LogP contribution in [0.25, 0.3) is 0 Å². The van der Waals surface area contributed by atoms with Gasteiger partial charge in [0.25, 0.3) is 5.91 Å². The first kappa shape index (κ1) is 20.0. The molecule has 1 amide bonds. The molecule has 0 aliphatic heterocycles. The van der Waals surface area contributed by atoms with Gasteiger partial charge < -0.3 is 10.1 Å². The smallest absolute Gasteiger partial charge is 0.251 e. The van der Waals surface area contributed by atoms with Crippen molar-refractivity contribution in [2.45, 2.75) is 30.5 Å². The van der Waals surface area contributed by atoms with Crippen LogP contribution in [0.2, 0.25) is 0 Å². The number of methoxy groups -OCH3 is 1. The Kier molecular flexibility index (Phi) is 6.77. The zero-order valence-electron chi connectivity index (χ0n) is 16.4. The molecule has 28 heavy (non-hydrogen) atoms. The zero-order valence-corrected chi connectivity index (χ0v) is 17.3. The predicted molar refractivity (Wildman–Crippen MR) is 116 cm³/mol. The highest BCUT2D eigenvalue weighted by Crippen LogP contribution is 2.29. The van der Waals surface area contributed by atoms with E-state index in [1.807, 2.05) is 55.5 Å². The molecular weight excluding hydrogens is 366 g/mol. The first-order chi connectivity index (χ1) is 13.6. The number of thioether (sulfide) groups is 1. The first-order valence-corrected chi connectivity index (χ1v) is 10.3. The van der Waals surface area contributed by atoms with Crippen LogP contribution in [0.15, 0.2) is 77.7 Å². The van der Waals surface area contributed by atoms with Gasteiger partial charge in [0.2, 0.25) is 0 Å². The molecule has 3 aromatic carbocycles. The monoisotopic (exact) mass is 391 g/mol. The summed E-state index contributed by atoms with van der Waals surface area (Å²) < 4.78 is 5.49. The van der Waals surface area contributed by atoms with Crippen LogP contribution in [0, 0.1) is 6.92 Å². The molecule has 0 radical (unpaired) electrons. The lowest BCUT2D eigenvalue weighted by Gasteiger charge is -2.15. The molecule has 0 saturated heterocycles. The average Bonchev–Trinajstić information content (AvgIpc) is 2.73. The molecule has 0 aliphatic carbocycles. The van der Waals surface area contributed by atoms with Crippen molar-refractivity contribution in [3.05, 3.63) is 95.1 Å². The van der Waals surface area contributed by atoms with Gasteiger partial charge in [0, 0.05) is 21.8 Å². The van der Waals surface area contributed by atoms with E-state index < -0.39 is 0 Å². The number of hydrogen-bond acceptors (Lipinski definition) is 3. The van der Waals surface area contributed by atoms with Gasteiger partial charge in [-0.3, -0.25) is 4.79 Å². The summed E-state index contributed by atoms with van der Waals surface area (Å²) in [5.41, 5.74) is 3.98. The van der Waals surface area contributed by atoms with Crippen molar-refractivity contribution >= 4 is 17.7 Å². The Balaban J connectivity index is 1.72. The molecule has 0 spiro atoms. The number of nitrogens with one attached hydrogen (secondary N) is 1. The van der Waals surface area contributed by atoms with Gasteiger partial charge >= 0.3 is 0 Å². The molecule has 3 aromatic rings. The van der Waals surface area contributed by atoms with Crippen molar-refractivity contribution in [1.82, 2.24) is 5.32 Å². The molecule has 0 aromatic heterocycles. The summed E-state index contributed by atoms with van der Waals surface area (Å²) in [4.78, 5) is 13.9. The van der Waals surface area contributed by atoms with Crippen LogP contribution in [0.4, 0.5) is 0 Å². The third-order valence-corrected chi connectivity index (χ3v) is 5.67. The first-order valence-electron chi connectivity index (χ1n) is 9.29. The largest absolute Gasteiger partial charge is 0.496 e. The van der Waals surface area contributed by atoms with Crippen LogP contribution in [-0.2, 0) is 5.75 Å². The van der Waals surface area contributed by atoms with Gasteiger partial charge in [0.1, 0.15) is 5.75 Å². The van der Waals surface area contributed by atoms with Crippen LogP contribution >= 0.6 is 11.8 Å². The van der Waals surface area contributed by atoms with Gasteiger partial charge in [-0.15, -0.1) is 11.8 Å². The molecule has 0 fully saturated rings. The van der Waals surface area contributed by atoms with E-state index in [4.69, 9.17) is 4.74 Å². The summed E-state index contributed by atoms with van der Waals surface area (Å²) in [6.45, 7) is 4.07. The topological polar surface area (TPSA) is 38.3 Å². The summed E-state index contributed by atoms with van der Waals surface area (Å²) >= 11 is 1.73. The minimum Gasteiger partial charge on any atom is -0.496 e. The van der Waals surface area contributed by atoms with Crippen LogP contribution in [0.1, 0.15) is 40.0 Å². The molecule has 0 saturated carbocycles. The lowest BCUT2D eigenvalue weighted by molar-refractivity contribution is 0.0939. The van der Waals surface area contributed by atoms with Gasteiger partial charge in [-0.1, -0.05) is 48.0 Å². The number of ether oxygens (including phenoxy) is 1. The second-order valence-electron chi connectivity index (χ2n) is 6.73. The minimum atomic E-state index is -0.0828. The normalized spacial score (nSPS) is 11.7. The molecule has 1 atom stereocenters. The van der Waals surface area contributed by atoms with Crippen molar-refractivity contribution in [2.24, 2.45) is 0 Å². The number of aryl methyl sites for hydroxylation is 1. The molecule has 0 heterocycles. The van der Waals surface area contributed by atoms with Crippen molar-refractivity contribution in [3.8, 4) is 5.75 Å². The SMILES string of the molecule is COc1ccc(C(=O)N[C@@H](C)c2ccccc2)cc1CSc1ccc(C)cc1. The number of rotatable bonds is 7. The molecule has 3 rings (SSSR count). The predicted octanol–water partition coefficient (Wildman–Crippen LogP) is 5.79. The van der Waals surface area contributed by atoms with Crippen LogP contribution in [0.3, 0.4) is 0 Å². The summed E-state index contributed by atoms with van der Waals surface area (Å²) in [5, 5.41) is 3.07. The highest BCUT2D eigenvalue weighted by Gasteiger charge is 2.14. The van der Waals surface area contributed by atoms with E-state index in [-0.39, 0.29) is 11.9 Å². The zero-order chi connectivity index (χ0) is 19.9. The lowest BCUT2D eigenvalue weighted by Crippen LogP contribution is -2.26. The number of benzene rings is 3. The van der Waals surface area contributed by atoms with Crippen molar-refractivity contribution in [1.29, 1.82) is 0 Å². The van der Waals surface area contributed by atoms with Crippen molar-refractivity contribution in [3.63, 3.8) is 0 Å². The van der Waals surface area contributed by atoms with Crippen LogP contribution in [0.5, 0.6) is 5.75 Å².